The van der Waals surface area contributed by atoms with Crippen molar-refractivity contribution in [1.82, 2.24) is 9.97 Å². The van der Waals surface area contributed by atoms with E-state index in [4.69, 9.17) is 0 Å². The number of hydrogen-bond acceptors (Lipinski definition) is 3. The molecule has 1 aliphatic rings. The number of carbonyl (C=O) groups excluding carboxylic acids is 1. The van der Waals surface area contributed by atoms with Crippen molar-refractivity contribution in [2.24, 2.45) is 0 Å². The molecule has 0 radical (unpaired) electrons. The Labute approximate surface area is 151 Å². The van der Waals surface area contributed by atoms with Crippen LogP contribution in [0.15, 0.2) is 30.3 Å². The fourth-order valence-electron chi connectivity index (χ4n) is 3.40. The van der Waals surface area contributed by atoms with Crippen LogP contribution in [0.25, 0.3) is 11.0 Å². The van der Waals surface area contributed by atoms with Crippen LogP contribution in [-0.2, 0) is 11.2 Å². The van der Waals surface area contributed by atoms with Crippen LogP contribution in [0.3, 0.4) is 0 Å². The highest BCUT2D eigenvalue weighted by atomic mass is 19.1. The molecule has 4 rings (SSSR count). The van der Waals surface area contributed by atoms with Crippen LogP contribution < -0.4 is 9.80 Å². The molecule has 0 bridgehead atoms. The van der Waals surface area contributed by atoms with Crippen LogP contribution >= 0.6 is 0 Å². The number of carbonyl (C=O) groups is 1. The standard InChI is InChI=1S/C20H21FN4O/c1-12-9-16-17(10-13(12)2)25(11-19(26)24(16)3)8-7-18-22-15-6-4-5-14(21)20(15)23-18/h4-6,9-10H,7-8,11H2,1-3H3,(H,22,23). The normalized spacial score (nSPS) is 14.2. The zero-order valence-electron chi connectivity index (χ0n) is 15.1. The topological polar surface area (TPSA) is 52.2 Å². The predicted molar refractivity (Wildman–Crippen MR) is 101 cm³/mol. The van der Waals surface area contributed by atoms with E-state index in [-0.39, 0.29) is 11.7 Å². The van der Waals surface area contributed by atoms with Gasteiger partial charge in [-0.25, -0.2) is 9.37 Å². The molecule has 0 fully saturated rings. The second-order valence-electron chi connectivity index (χ2n) is 6.87. The number of para-hydroxylation sites is 1. The number of H-pyrrole nitrogens is 1. The molecule has 1 amide bonds. The Bertz CT molecular complexity index is 1010. The van der Waals surface area contributed by atoms with Gasteiger partial charge in [0.2, 0.25) is 5.91 Å². The maximum atomic E-state index is 13.8. The van der Waals surface area contributed by atoms with Gasteiger partial charge in [0.1, 0.15) is 11.3 Å². The van der Waals surface area contributed by atoms with Crippen molar-refractivity contribution in [3.8, 4) is 0 Å². The number of rotatable bonds is 3. The highest BCUT2D eigenvalue weighted by Crippen LogP contribution is 2.35. The first kappa shape index (κ1) is 16.6. The molecule has 1 aliphatic heterocycles. The quantitative estimate of drug-likeness (QED) is 0.786. The van der Waals surface area contributed by atoms with E-state index in [2.05, 4.69) is 40.8 Å². The minimum atomic E-state index is -0.323. The first-order chi connectivity index (χ1) is 12.4. The SMILES string of the molecule is Cc1cc2c(cc1C)N(C)C(=O)CN2CCc1nc2c(F)cccc2[nH]1. The van der Waals surface area contributed by atoms with E-state index in [1.54, 1.807) is 11.0 Å². The molecular weight excluding hydrogens is 331 g/mol. The van der Waals surface area contributed by atoms with Crippen molar-refractivity contribution in [3.63, 3.8) is 0 Å². The van der Waals surface area contributed by atoms with Crippen LogP contribution in [0.1, 0.15) is 17.0 Å². The van der Waals surface area contributed by atoms with Gasteiger partial charge in [-0.2, -0.15) is 0 Å². The largest absolute Gasteiger partial charge is 0.360 e. The molecule has 2 aromatic carbocycles. The Morgan fingerprint density at radius 2 is 1.92 bits per heavy atom. The maximum absolute atomic E-state index is 13.8. The zero-order chi connectivity index (χ0) is 18.4. The van der Waals surface area contributed by atoms with Gasteiger partial charge in [-0.1, -0.05) is 6.07 Å². The second-order valence-corrected chi connectivity index (χ2v) is 6.87. The lowest BCUT2D eigenvalue weighted by Gasteiger charge is -2.36. The molecular formula is C20H21FN4O. The number of imidazole rings is 1. The van der Waals surface area contributed by atoms with E-state index in [1.165, 1.54) is 11.6 Å². The van der Waals surface area contributed by atoms with Crippen molar-refractivity contribution in [1.29, 1.82) is 0 Å². The summed E-state index contributed by atoms with van der Waals surface area (Å²) in [6.45, 7) is 5.10. The summed E-state index contributed by atoms with van der Waals surface area (Å²) in [6.07, 6.45) is 0.609. The minimum Gasteiger partial charge on any atom is -0.360 e. The molecule has 0 unspecified atom stereocenters. The van der Waals surface area contributed by atoms with Crippen molar-refractivity contribution >= 4 is 28.3 Å². The summed E-state index contributed by atoms with van der Waals surface area (Å²) in [4.78, 5) is 23.7. The fraction of sp³-hybridized carbons (Fsp3) is 0.300. The van der Waals surface area contributed by atoms with Crippen LogP contribution in [-0.4, -0.2) is 36.0 Å². The number of likely N-dealkylation sites (N-methyl/N-ethyl adjacent to an activating group) is 1. The molecule has 1 aromatic heterocycles. The smallest absolute Gasteiger partial charge is 0.246 e. The van der Waals surface area contributed by atoms with Gasteiger partial charge in [0.15, 0.2) is 5.82 Å². The Kier molecular flexibility index (Phi) is 3.90. The number of halogens is 1. The van der Waals surface area contributed by atoms with Crippen molar-refractivity contribution in [2.45, 2.75) is 20.3 Å². The Hall–Kier alpha value is -2.89. The number of aromatic amines is 1. The van der Waals surface area contributed by atoms with E-state index >= 15 is 0 Å². The highest BCUT2D eigenvalue weighted by molar-refractivity contribution is 6.03. The van der Waals surface area contributed by atoms with Crippen molar-refractivity contribution in [2.75, 3.05) is 29.9 Å². The molecule has 3 aromatic rings. The molecule has 0 saturated carbocycles. The summed E-state index contributed by atoms with van der Waals surface area (Å²) in [5.41, 5.74) is 5.41. The lowest BCUT2D eigenvalue weighted by Crippen LogP contribution is -2.44. The van der Waals surface area contributed by atoms with E-state index in [0.717, 1.165) is 22.8 Å². The summed E-state index contributed by atoms with van der Waals surface area (Å²) in [5.74, 6) is 0.467. The van der Waals surface area contributed by atoms with Crippen LogP contribution in [0.2, 0.25) is 0 Å². The summed E-state index contributed by atoms with van der Waals surface area (Å²) in [6, 6.07) is 9.08. The van der Waals surface area contributed by atoms with E-state index < -0.39 is 0 Å². The summed E-state index contributed by atoms with van der Waals surface area (Å²) in [7, 11) is 1.81. The number of nitrogens with zero attached hydrogens (tertiary/aromatic N) is 3. The number of aromatic nitrogens is 2. The van der Waals surface area contributed by atoms with E-state index in [0.29, 0.717) is 30.5 Å². The molecule has 0 aliphatic carbocycles. The fourth-order valence-corrected chi connectivity index (χ4v) is 3.40. The average Bonchev–Trinajstić information content (AvgIpc) is 3.03. The van der Waals surface area contributed by atoms with E-state index in [1.807, 2.05) is 13.1 Å². The molecule has 134 valence electrons. The Balaban J connectivity index is 1.62. The number of anilines is 2. The number of aryl methyl sites for hydroxylation is 2. The molecule has 5 nitrogen and oxygen atoms in total. The number of fused-ring (bicyclic) bond motifs is 2. The monoisotopic (exact) mass is 352 g/mol. The zero-order valence-corrected chi connectivity index (χ0v) is 15.1. The first-order valence-electron chi connectivity index (χ1n) is 8.70. The van der Waals surface area contributed by atoms with Gasteiger partial charge in [0.25, 0.3) is 0 Å². The first-order valence-corrected chi connectivity index (χ1v) is 8.70. The van der Waals surface area contributed by atoms with Gasteiger partial charge in [0, 0.05) is 20.0 Å². The Morgan fingerprint density at radius 3 is 2.65 bits per heavy atom. The van der Waals surface area contributed by atoms with Gasteiger partial charge < -0.3 is 14.8 Å². The molecule has 2 heterocycles. The summed E-state index contributed by atoms with van der Waals surface area (Å²) >= 11 is 0. The average molecular weight is 352 g/mol. The third-order valence-electron chi connectivity index (χ3n) is 5.12. The van der Waals surface area contributed by atoms with Crippen LogP contribution in [0.5, 0.6) is 0 Å². The second kappa shape index (κ2) is 6.12. The minimum absolute atomic E-state index is 0.0661. The molecule has 0 atom stereocenters. The molecule has 0 saturated heterocycles. The van der Waals surface area contributed by atoms with Crippen LogP contribution in [0, 0.1) is 19.7 Å². The van der Waals surface area contributed by atoms with Gasteiger partial charge >= 0.3 is 0 Å². The van der Waals surface area contributed by atoms with Gasteiger partial charge in [0.05, 0.1) is 23.4 Å². The summed E-state index contributed by atoms with van der Waals surface area (Å²) in [5, 5.41) is 0. The molecule has 0 spiro atoms. The lowest BCUT2D eigenvalue weighted by molar-refractivity contribution is -0.117. The Morgan fingerprint density at radius 1 is 1.19 bits per heavy atom. The molecule has 6 heteroatoms. The van der Waals surface area contributed by atoms with Gasteiger partial charge in [-0.15, -0.1) is 0 Å². The third kappa shape index (κ3) is 2.71. The van der Waals surface area contributed by atoms with Gasteiger partial charge in [-0.05, 0) is 49.2 Å². The van der Waals surface area contributed by atoms with Crippen molar-refractivity contribution < 1.29 is 9.18 Å². The van der Waals surface area contributed by atoms with E-state index in [9.17, 15) is 9.18 Å². The summed E-state index contributed by atoms with van der Waals surface area (Å²) < 4.78 is 13.8. The lowest BCUT2D eigenvalue weighted by atomic mass is 10.0. The highest BCUT2D eigenvalue weighted by Gasteiger charge is 2.27. The van der Waals surface area contributed by atoms with Gasteiger partial charge in [-0.3, -0.25) is 4.79 Å². The van der Waals surface area contributed by atoms with Crippen molar-refractivity contribution in [3.05, 3.63) is 53.1 Å². The number of hydrogen-bond donors (Lipinski definition) is 1. The maximum Gasteiger partial charge on any atom is 0.246 e. The molecule has 1 N–H and O–H groups in total. The van der Waals surface area contributed by atoms with Crippen LogP contribution in [0.4, 0.5) is 15.8 Å². The third-order valence-corrected chi connectivity index (χ3v) is 5.12. The number of benzene rings is 2. The predicted octanol–water partition coefficient (Wildman–Crippen LogP) is 3.34. The molecule has 26 heavy (non-hydrogen) atoms. The number of amides is 1. The number of nitrogens with one attached hydrogen (secondary N) is 1.